The van der Waals surface area contributed by atoms with Crippen molar-refractivity contribution in [3.05, 3.63) is 59.1 Å². The summed E-state index contributed by atoms with van der Waals surface area (Å²) in [6.07, 6.45) is 4.53. The molecule has 31 heavy (non-hydrogen) atoms. The van der Waals surface area contributed by atoms with E-state index in [1.165, 1.54) is 16.7 Å². The zero-order valence-corrected chi connectivity index (χ0v) is 19.2. The molecule has 1 aliphatic rings. The number of thiazole rings is 1. The number of piperidine rings is 1. The smallest absolute Gasteiger partial charge is 0.220 e. The van der Waals surface area contributed by atoms with E-state index in [0.717, 1.165) is 48.6 Å². The molecule has 0 aliphatic carbocycles. The quantitative estimate of drug-likeness (QED) is 0.549. The maximum absolute atomic E-state index is 12.5. The number of hydrogen-bond donors (Lipinski definition) is 1. The van der Waals surface area contributed by atoms with E-state index in [9.17, 15) is 4.79 Å². The molecule has 5 nitrogen and oxygen atoms in total. The molecule has 1 saturated heterocycles. The van der Waals surface area contributed by atoms with E-state index in [1.807, 2.05) is 30.3 Å². The van der Waals surface area contributed by atoms with Crippen LogP contribution in [0.3, 0.4) is 0 Å². The number of fused-ring (bicyclic) bond motifs is 1. The number of carbonyl (C=O) groups excluding carboxylic acids is 1. The first kappa shape index (κ1) is 21.8. The van der Waals surface area contributed by atoms with E-state index in [2.05, 4.69) is 40.4 Å². The molecule has 3 aromatic rings. The Bertz CT molecular complexity index is 968. The van der Waals surface area contributed by atoms with Crippen molar-refractivity contribution in [2.75, 3.05) is 27.2 Å². The van der Waals surface area contributed by atoms with Crippen LogP contribution in [0, 0.1) is 5.92 Å². The molecule has 2 aromatic carbocycles. The molecular weight excluding hydrogens is 406 g/mol. The van der Waals surface area contributed by atoms with E-state index in [1.54, 1.807) is 18.4 Å². The maximum atomic E-state index is 12.5. The van der Waals surface area contributed by atoms with Crippen molar-refractivity contribution in [2.45, 2.75) is 38.1 Å². The minimum absolute atomic E-state index is 0.141. The van der Waals surface area contributed by atoms with Crippen molar-refractivity contribution >= 4 is 27.5 Å². The van der Waals surface area contributed by atoms with Gasteiger partial charge in [-0.2, -0.15) is 0 Å². The number of aryl methyl sites for hydroxylation is 1. The SMILES string of the molecule is COc1ccc(C2C(CNC(=O)CCCc3nc4ccccc4s3)CCCN2C)cc1. The number of nitrogens with one attached hydrogen (secondary N) is 1. The van der Waals surface area contributed by atoms with Crippen LogP contribution in [-0.4, -0.2) is 43.0 Å². The Hall–Kier alpha value is -2.44. The summed E-state index contributed by atoms with van der Waals surface area (Å²) in [6.45, 7) is 1.81. The molecule has 1 N–H and O–H groups in total. The second-order valence-corrected chi connectivity index (χ2v) is 9.45. The highest BCUT2D eigenvalue weighted by molar-refractivity contribution is 7.18. The van der Waals surface area contributed by atoms with E-state index in [4.69, 9.17) is 4.74 Å². The van der Waals surface area contributed by atoms with Crippen molar-refractivity contribution in [3.63, 3.8) is 0 Å². The zero-order chi connectivity index (χ0) is 21.6. The number of aromatic nitrogens is 1. The van der Waals surface area contributed by atoms with Gasteiger partial charge in [-0.1, -0.05) is 24.3 Å². The molecule has 1 aliphatic heterocycles. The average molecular weight is 438 g/mol. The fraction of sp³-hybridized carbons (Fsp3) is 0.440. The average Bonchev–Trinajstić information content (AvgIpc) is 3.21. The highest BCUT2D eigenvalue weighted by Gasteiger charge is 2.30. The van der Waals surface area contributed by atoms with Crippen molar-refractivity contribution in [1.29, 1.82) is 0 Å². The lowest BCUT2D eigenvalue weighted by Gasteiger charge is -2.39. The zero-order valence-electron chi connectivity index (χ0n) is 18.3. The van der Waals surface area contributed by atoms with Gasteiger partial charge in [0.05, 0.1) is 22.3 Å². The van der Waals surface area contributed by atoms with E-state index >= 15 is 0 Å². The number of hydrogen-bond acceptors (Lipinski definition) is 5. The van der Waals surface area contributed by atoms with Crippen LogP contribution < -0.4 is 10.1 Å². The number of methoxy groups -OCH3 is 1. The van der Waals surface area contributed by atoms with Gasteiger partial charge in [0.25, 0.3) is 0 Å². The number of ether oxygens (including phenoxy) is 1. The third-order valence-electron chi connectivity index (χ3n) is 6.16. The molecule has 164 valence electrons. The number of para-hydroxylation sites is 1. The molecule has 1 amide bonds. The summed E-state index contributed by atoms with van der Waals surface area (Å²) in [4.78, 5) is 19.6. The molecule has 2 heterocycles. The minimum atomic E-state index is 0.141. The predicted octanol–water partition coefficient (Wildman–Crippen LogP) is 4.83. The summed E-state index contributed by atoms with van der Waals surface area (Å²) in [7, 11) is 3.87. The Morgan fingerprint density at radius 1 is 1.23 bits per heavy atom. The summed E-state index contributed by atoms with van der Waals surface area (Å²) in [5.74, 6) is 1.43. The molecule has 4 rings (SSSR count). The van der Waals surface area contributed by atoms with Crippen LogP contribution in [-0.2, 0) is 11.2 Å². The molecule has 1 fully saturated rings. The normalized spacial score (nSPS) is 19.4. The Morgan fingerprint density at radius 2 is 2.03 bits per heavy atom. The van der Waals surface area contributed by atoms with E-state index < -0.39 is 0 Å². The summed E-state index contributed by atoms with van der Waals surface area (Å²) in [6, 6.07) is 16.9. The molecule has 0 saturated carbocycles. The number of nitrogens with zero attached hydrogens (tertiary/aromatic N) is 2. The molecule has 2 unspecified atom stereocenters. The summed E-state index contributed by atoms with van der Waals surface area (Å²) >= 11 is 1.73. The van der Waals surface area contributed by atoms with Gasteiger partial charge in [-0.15, -0.1) is 11.3 Å². The molecule has 6 heteroatoms. The van der Waals surface area contributed by atoms with Gasteiger partial charge in [0.2, 0.25) is 5.91 Å². The number of benzene rings is 2. The number of amides is 1. The molecular formula is C25H31N3O2S. The van der Waals surface area contributed by atoms with Crippen molar-refractivity contribution in [2.24, 2.45) is 5.92 Å². The Labute approximate surface area is 188 Å². The van der Waals surface area contributed by atoms with Crippen LogP contribution in [0.2, 0.25) is 0 Å². The van der Waals surface area contributed by atoms with Gasteiger partial charge < -0.3 is 10.1 Å². The topological polar surface area (TPSA) is 54.5 Å². The highest BCUT2D eigenvalue weighted by atomic mass is 32.1. The largest absolute Gasteiger partial charge is 0.497 e. The first-order chi connectivity index (χ1) is 15.1. The minimum Gasteiger partial charge on any atom is -0.497 e. The van der Waals surface area contributed by atoms with Crippen LogP contribution in [0.5, 0.6) is 5.75 Å². The van der Waals surface area contributed by atoms with Crippen LogP contribution in [0.1, 0.15) is 42.3 Å². The van der Waals surface area contributed by atoms with Gasteiger partial charge in [-0.05, 0) is 75.0 Å². The lowest BCUT2D eigenvalue weighted by Crippen LogP contribution is -2.41. The lowest BCUT2D eigenvalue weighted by atomic mass is 9.85. The third-order valence-corrected chi connectivity index (χ3v) is 7.25. The number of rotatable bonds is 8. The van der Waals surface area contributed by atoms with Gasteiger partial charge >= 0.3 is 0 Å². The van der Waals surface area contributed by atoms with E-state index in [-0.39, 0.29) is 5.91 Å². The number of likely N-dealkylation sites (tertiary alicyclic amines) is 1. The highest BCUT2D eigenvalue weighted by Crippen LogP contribution is 2.35. The van der Waals surface area contributed by atoms with Crippen molar-refractivity contribution in [3.8, 4) is 5.75 Å². The molecule has 0 spiro atoms. The maximum Gasteiger partial charge on any atom is 0.220 e. The van der Waals surface area contributed by atoms with Gasteiger partial charge in [0, 0.05) is 19.0 Å². The summed E-state index contributed by atoms with van der Waals surface area (Å²) < 4.78 is 6.52. The number of carbonyl (C=O) groups is 1. The third kappa shape index (κ3) is 5.43. The van der Waals surface area contributed by atoms with Crippen LogP contribution in [0.25, 0.3) is 10.2 Å². The van der Waals surface area contributed by atoms with E-state index in [0.29, 0.717) is 18.4 Å². The molecule has 1 aromatic heterocycles. The Balaban J connectivity index is 1.28. The van der Waals surface area contributed by atoms with Crippen LogP contribution in [0.15, 0.2) is 48.5 Å². The Kier molecular flexibility index (Phi) is 7.20. The predicted molar refractivity (Wildman–Crippen MR) is 127 cm³/mol. The standard InChI is InChI=1S/C25H31N3O2S/c1-28-16-6-7-19(25(28)18-12-14-20(30-2)15-13-18)17-26-23(29)10-5-11-24-27-21-8-3-4-9-22(21)31-24/h3-4,8-9,12-15,19,25H,5-7,10-11,16-17H2,1-2H3,(H,26,29). The first-order valence-corrected chi connectivity index (χ1v) is 11.9. The van der Waals surface area contributed by atoms with Gasteiger partial charge in [0.15, 0.2) is 0 Å². The Morgan fingerprint density at radius 3 is 2.81 bits per heavy atom. The lowest BCUT2D eigenvalue weighted by molar-refractivity contribution is -0.121. The fourth-order valence-corrected chi connectivity index (χ4v) is 5.57. The second-order valence-electron chi connectivity index (χ2n) is 8.33. The summed E-state index contributed by atoms with van der Waals surface area (Å²) in [5.41, 5.74) is 2.34. The van der Waals surface area contributed by atoms with Crippen molar-refractivity contribution in [1.82, 2.24) is 15.2 Å². The van der Waals surface area contributed by atoms with Gasteiger partial charge in [-0.25, -0.2) is 4.98 Å². The van der Waals surface area contributed by atoms with Crippen molar-refractivity contribution < 1.29 is 9.53 Å². The monoisotopic (exact) mass is 437 g/mol. The summed E-state index contributed by atoms with van der Waals surface area (Å²) in [5, 5.41) is 4.31. The molecule has 2 atom stereocenters. The van der Waals surface area contributed by atoms with Gasteiger partial charge in [0.1, 0.15) is 5.75 Å². The molecule has 0 bridgehead atoms. The first-order valence-electron chi connectivity index (χ1n) is 11.1. The second kappa shape index (κ2) is 10.2. The van der Waals surface area contributed by atoms with Crippen LogP contribution >= 0.6 is 11.3 Å². The fourth-order valence-electron chi connectivity index (χ4n) is 4.56. The van der Waals surface area contributed by atoms with Crippen LogP contribution in [0.4, 0.5) is 0 Å². The van der Waals surface area contributed by atoms with Gasteiger partial charge in [-0.3, -0.25) is 9.69 Å². The molecule has 0 radical (unpaired) electrons.